The Kier molecular flexibility index (Phi) is 3.79. The molecular formula is C11H22N2O. The molecule has 0 aromatic heterocycles. The molecule has 0 aromatic rings. The van der Waals surface area contributed by atoms with Gasteiger partial charge in [-0.2, -0.15) is 0 Å². The van der Waals surface area contributed by atoms with Crippen LogP contribution in [0.4, 0.5) is 0 Å². The van der Waals surface area contributed by atoms with Crippen LogP contribution in [0.1, 0.15) is 32.1 Å². The van der Waals surface area contributed by atoms with Gasteiger partial charge in [0.25, 0.3) is 0 Å². The molecule has 2 unspecified atom stereocenters. The molecule has 0 aliphatic carbocycles. The summed E-state index contributed by atoms with van der Waals surface area (Å²) in [6, 6.07) is 1.49. The van der Waals surface area contributed by atoms with E-state index in [4.69, 9.17) is 5.11 Å². The number of nitrogens with one attached hydrogen (secondary N) is 1. The molecule has 3 heteroatoms. The van der Waals surface area contributed by atoms with Gasteiger partial charge in [0.1, 0.15) is 0 Å². The SMILES string of the molecule is OCCCNC1CCN2CCCCC12. The Morgan fingerprint density at radius 2 is 2.14 bits per heavy atom. The van der Waals surface area contributed by atoms with E-state index in [0.717, 1.165) is 19.0 Å². The van der Waals surface area contributed by atoms with Crippen LogP contribution in [0, 0.1) is 0 Å². The average molecular weight is 198 g/mol. The van der Waals surface area contributed by atoms with Crippen molar-refractivity contribution in [3.05, 3.63) is 0 Å². The largest absolute Gasteiger partial charge is 0.396 e. The van der Waals surface area contributed by atoms with E-state index < -0.39 is 0 Å². The van der Waals surface area contributed by atoms with E-state index in [9.17, 15) is 0 Å². The summed E-state index contributed by atoms with van der Waals surface area (Å²) in [5.74, 6) is 0. The molecule has 0 radical (unpaired) electrons. The zero-order valence-electron chi connectivity index (χ0n) is 8.91. The Hall–Kier alpha value is -0.120. The first-order valence-electron chi connectivity index (χ1n) is 6.00. The number of nitrogens with zero attached hydrogens (tertiary/aromatic N) is 1. The lowest BCUT2D eigenvalue weighted by molar-refractivity contribution is 0.179. The normalized spacial score (nSPS) is 33.2. The van der Waals surface area contributed by atoms with Gasteiger partial charge in [-0.1, -0.05) is 6.42 Å². The fourth-order valence-corrected chi connectivity index (χ4v) is 2.85. The maximum Gasteiger partial charge on any atom is 0.0443 e. The molecule has 82 valence electrons. The molecule has 2 rings (SSSR count). The van der Waals surface area contributed by atoms with E-state index in [2.05, 4.69) is 10.2 Å². The zero-order valence-corrected chi connectivity index (χ0v) is 8.91. The van der Waals surface area contributed by atoms with E-state index >= 15 is 0 Å². The number of aliphatic hydroxyl groups excluding tert-OH is 1. The summed E-state index contributed by atoms with van der Waals surface area (Å²) >= 11 is 0. The monoisotopic (exact) mass is 198 g/mol. The van der Waals surface area contributed by atoms with Gasteiger partial charge >= 0.3 is 0 Å². The van der Waals surface area contributed by atoms with Crippen LogP contribution in [0.2, 0.25) is 0 Å². The Bertz CT molecular complexity index is 175. The standard InChI is InChI=1S/C11H22N2O/c14-9-3-6-12-10-5-8-13-7-2-1-4-11(10)13/h10-12,14H,1-9H2. The molecule has 2 aliphatic heterocycles. The molecule has 0 bridgehead atoms. The number of aliphatic hydroxyl groups is 1. The van der Waals surface area contributed by atoms with E-state index in [-0.39, 0.29) is 0 Å². The second-order valence-electron chi connectivity index (χ2n) is 4.53. The Labute approximate surface area is 86.5 Å². The van der Waals surface area contributed by atoms with Crippen molar-refractivity contribution in [2.24, 2.45) is 0 Å². The average Bonchev–Trinajstić information content (AvgIpc) is 2.63. The fraction of sp³-hybridized carbons (Fsp3) is 1.00. The summed E-state index contributed by atoms with van der Waals surface area (Å²) in [7, 11) is 0. The number of fused-ring (bicyclic) bond motifs is 1. The van der Waals surface area contributed by atoms with Crippen LogP contribution in [-0.2, 0) is 0 Å². The number of rotatable bonds is 4. The minimum atomic E-state index is 0.314. The lowest BCUT2D eigenvalue weighted by Gasteiger charge is -2.32. The lowest BCUT2D eigenvalue weighted by atomic mass is 9.99. The summed E-state index contributed by atoms with van der Waals surface area (Å²) in [6.45, 7) is 3.88. The van der Waals surface area contributed by atoms with E-state index in [1.165, 1.54) is 38.8 Å². The second kappa shape index (κ2) is 5.10. The highest BCUT2D eigenvalue weighted by Crippen LogP contribution is 2.26. The predicted octanol–water partition coefficient (Wildman–Crippen LogP) is 0.585. The van der Waals surface area contributed by atoms with Gasteiger partial charge in [-0.3, -0.25) is 4.90 Å². The minimum Gasteiger partial charge on any atom is -0.396 e. The Morgan fingerprint density at radius 3 is 3.00 bits per heavy atom. The molecule has 2 saturated heterocycles. The van der Waals surface area contributed by atoms with Crippen LogP contribution in [0.15, 0.2) is 0 Å². The zero-order chi connectivity index (χ0) is 9.80. The Morgan fingerprint density at radius 1 is 1.21 bits per heavy atom. The van der Waals surface area contributed by atoms with Crippen molar-refractivity contribution in [3.8, 4) is 0 Å². The third kappa shape index (κ3) is 2.27. The molecule has 0 spiro atoms. The molecule has 2 atom stereocenters. The predicted molar refractivity (Wildman–Crippen MR) is 57.3 cm³/mol. The molecule has 2 aliphatic rings. The number of hydrogen-bond acceptors (Lipinski definition) is 3. The van der Waals surface area contributed by atoms with Gasteiger partial charge in [-0.25, -0.2) is 0 Å². The quantitative estimate of drug-likeness (QED) is 0.649. The van der Waals surface area contributed by atoms with Gasteiger partial charge in [0.05, 0.1) is 0 Å². The summed E-state index contributed by atoms with van der Waals surface area (Å²) < 4.78 is 0. The minimum absolute atomic E-state index is 0.314. The summed E-state index contributed by atoms with van der Waals surface area (Å²) in [5.41, 5.74) is 0. The van der Waals surface area contributed by atoms with Crippen LogP contribution in [0.25, 0.3) is 0 Å². The fourth-order valence-electron chi connectivity index (χ4n) is 2.85. The van der Waals surface area contributed by atoms with E-state index in [1.54, 1.807) is 0 Å². The molecule has 3 nitrogen and oxygen atoms in total. The molecule has 2 heterocycles. The van der Waals surface area contributed by atoms with Crippen molar-refractivity contribution in [1.29, 1.82) is 0 Å². The van der Waals surface area contributed by atoms with Crippen molar-refractivity contribution >= 4 is 0 Å². The smallest absolute Gasteiger partial charge is 0.0443 e. The lowest BCUT2D eigenvalue weighted by Crippen LogP contribution is -2.45. The van der Waals surface area contributed by atoms with Crippen molar-refractivity contribution < 1.29 is 5.11 Å². The van der Waals surface area contributed by atoms with Crippen molar-refractivity contribution in [3.63, 3.8) is 0 Å². The molecule has 2 N–H and O–H groups in total. The van der Waals surface area contributed by atoms with Crippen LogP contribution in [0.5, 0.6) is 0 Å². The maximum atomic E-state index is 8.72. The van der Waals surface area contributed by atoms with E-state index in [1.807, 2.05) is 0 Å². The summed E-state index contributed by atoms with van der Waals surface area (Å²) in [5, 5.41) is 12.3. The molecular weight excluding hydrogens is 176 g/mol. The highest BCUT2D eigenvalue weighted by Gasteiger charge is 2.34. The van der Waals surface area contributed by atoms with Gasteiger partial charge in [-0.15, -0.1) is 0 Å². The first-order valence-corrected chi connectivity index (χ1v) is 6.00. The van der Waals surface area contributed by atoms with Crippen LogP contribution in [0.3, 0.4) is 0 Å². The molecule has 0 saturated carbocycles. The second-order valence-corrected chi connectivity index (χ2v) is 4.53. The van der Waals surface area contributed by atoms with Gasteiger partial charge < -0.3 is 10.4 Å². The molecule has 2 fully saturated rings. The third-order valence-electron chi connectivity index (χ3n) is 3.60. The Balaban J connectivity index is 1.76. The van der Waals surface area contributed by atoms with Crippen molar-refractivity contribution in [2.45, 2.75) is 44.2 Å². The van der Waals surface area contributed by atoms with Crippen molar-refractivity contribution in [2.75, 3.05) is 26.2 Å². The number of piperidine rings is 1. The van der Waals surface area contributed by atoms with Crippen molar-refractivity contribution in [1.82, 2.24) is 10.2 Å². The first kappa shape index (κ1) is 10.4. The highest BCUT2D eigenvalue weighted by molar-refractivity contribution is 4.93. The first-order chi connectivity index (χ1) is 6.92. The highest BCUT2D eigenvalue weighted by atomic mass is 16.3. The molecule has 0 amide bonds. The van der Waals surface area contributed by atoms with Gasteiger partial charge in [0, 0.05) is 25.2 Å². The van der Waals surface area contributed by atoms with E-state index in [0.29, 0.717) is 12.6 Å². The maximum absolute atomic E-state index is 8.72. The van der Waals surface area contributed by atoms with Crippen LogP contribution >= 0.6 is 0 Å². The number of hydrogen-bond donors (Lipinski definition) is 2. The third-order valence-corrected chi connectivity index (χ3v) is 3.60. The summed E-state index contributed by atoms with van der Waals surface area (Å²) in [4.78, 5) is 2.64. The molecule has 0 aromatic carbocycles. The van der Waals surface area contributed by atoms with Gasteiger partial charge in [0.2, 0.25) is 0 Å². The van der Waals surface area contributed by atoms with Crippen LogP contribution in [-0.4, -0.2) is 48.3 Å². The molecule has 14 heavy (non-hydrogen) atoms. The van der Waals surface area contributed by atoms with Crippen LogP contribution < -0.4 is 5.32 Å². The van der Waals surface area contributed by atoms with Gasteiger partial charge in [0.15, 0.2) is 0 Å². The van der Waals surface area contributed by atoms with Gasteiger partial charge in [-0.05, 0) is 38.8 Å². The summed E-state index contributed by atoms with van der Waals surface area (Å²) in [6.07, 6.45) is 6.36. The topological polar surface area (TPSA) is 35.5 Å².